The van der Waals surface area contributed by atoms with Crippen LogP contribution in [0.25, 0.3) is 0 Å². The number of unbranched alkanes of at least 4 members (excludes halogenated alkanes) is 20. The lowest BCUT2D eigenvalue weighted by atomic mass is 9.86. The van der Waals surface area contributed by atoms with Crippen LogP contribution < -0.4 is 5.32 Å². The van der Waals surface area contributed by atoms with E-state index in [-0.39, 0.29) is 0 Å². The van der Waals surface area contributed by atoms with E-state index in [2.05, 4.69) is 45.1 Å². The lowest BCUT2D eigenvalue weighted by Gasteiger charge is -2.22. The molecule has 43 heavy (non-hydrogen) atoms. The van der Waals surface area contributed by atoms with Crippen molar-refractivity contribution in [3.05, 3.63) is 11.3 Å². The maximum atomic E-state index is 12.5. The lowest BCUT2D eigenvalue weighted by molar-refractivity contribution is -0.133. The van der Waals surface area contributed by atoms with Crippen LogP contribution in [0.2, 0.25) is 0 Å². The number of aliphatic carboxylic acids is 1. The van der Waals surface area contributed by atoms with Gasteiger partial charge >= 0.3 is 5.97 Å². The fourth-order valence-electron chi connectivity index (χ4n) is 6.42. The molecule has 1 atom stereocenters. The summed E-state index contributed by atoms with van der Waals surface area (Å²) in [7, 11) is 4.17. The molecule has 4 heteroatoms. The Bertz CT molecular complexity index is 631. The molecule has 0 saturated heterocycles. The first-order valence-corrected chi connectivity index (χ1v) is 19.3. The van der Waals surface area contributed by atoms with Gasteiger partial charge in [0.05, 0.1) is 0 Å². The van der Waals surface area contributed by atoms with Crippen LogP contribution in [0.5, 0.6) is 0 Å². The van der Waals surface area contributed by atoms with Crippen LogP contribution in [0.3, 0.4) is 0 Å². The summed E-state index contributed by atoms with van der Waals surface area (Å²) in [5.41, 5.74) is 1.73. The molecule has 1 unspecified atom stereocenters. The number of nitrogens with zero attached hydrogens (tertiary/aromatic N) is 1. The predicted octanol–water partition coefficient (Wildman–Crippen LogP) is 12.1. The molecule has 4 nitrogen and oxygen atoms in total. The van der Waals surface area contributed by atoms with Crippen molar-refractivity contribution in [3.63, 3.8) is 0 Å². The van der Waals surface area contributed by atoms with Gasteiger partial charge in [0.25, 0.3) is 0 Å². The van der Waals surface area contributed by atoms with Crippen LogP contribution in [0.4, 0.5) is 0 Å². The maximum Gasteiger partial charge on any atom is 0.351 e. The van der Waals surface area contributed by atoms with Crippen LogP contribution in [-0.4, -0.2) is 43.2 Å². The molecular formula is C39H78N2O2. The number of carbonyl (C=O) groups is 1. The van der Waals surface area contributed by atoms with Crippen molar-refractivity contribution in [2.75, 3.05) is 27.2 Å². The van der Waals surface area contributed by atoms with E-state index in [0.717, 1.165) is 38.8 Å². The van der Waals surface area contributed by atoms with Crippen molar-refractivity contribution in [2.45, 2.75) is 201 Å². The summed E-state index contributed by atoms with van der Waals surface area (Å²) in [5.74, 6) is -0.128. The topological polar surface area (TPSA) is 52.6 Å². The molecule has 0 heterocycles. The van der Waals surface area contributed by atoms with E-state index >= 15 is 0 Å². The van der Waals surface area contributed by atoms with Crippen molar-refractivity contribution in [2.24, 2.45) is 5.92 Å². The summed E-state index contributed by atoms with van der Waals surface area (Å²) < 4.78 is 0. The minimum absolute atomic E-state index is 0.527. The number of allylic oxidation sites excluding steroid dienone is 1. The standard InChI is InChI=1S/C39H78N2O2/c1-6-9-12-15-17-18-19-20-21-22-23-25-28-32-37(38(39(42)43)40-33-29-34-41(4)5)35-36(30-26-14-11-8-3)31-27-24-16-13-10-7-2/h36,40H,6-35H2,1-5H3,(H,42,43). The Morgan fingerprint density at radius 3 is 1.40 bits per heavy atom. The van der Waals surface area contributed by atoms with Crippen molar-refractivity contribution in [3.8, 4) is 0 Å². The largest absolute Gasteiger partial charge is 0.477 e. The molecule has 0 rings (SSSR count). The number of hydrogen-bond donors (Lipinski definition) is 2. The van der Waals surface area contributed by atoms with Gasteiger partial charge in [-0.05, 0) is 57.8 Å². The SMILES string of the molecule is CCCCCCCCCCCCCCCC(CC(CCCCCC)CCCCCCCC)=C(NCCCN(C)C)C(=O)O. The van der Waals surface area contributed by atoms with Crippen molar-refractivity contribution in [1.82, 2.24) is 10.2 Å². The van der Waals surface area contributed by atoms with E-state index < -0.39 is 5.97 Å². The summed E-state index contributed by atoms with van der Waals surface area (Å²) in [6.07, 6.45) is 36.1. The minimum Gasteiger partial charge on any atom is -0.477 e. The second-order valence-electron chi connectivity index (χ2n) is 13.8. The lowest BCUT2D eigenvalue weighted by Crippen LogP contribution is -2.26. The van der Waals surface area contributed by atoms with Gasteiger partial charge in [-0.1, -0.05) is 175 Å². The van der Waals surface area contributed by atoms with Crippen LogP contribution in [0.1, 0.15) is 201 Å². The summed E-state index contributed by atoms with van der Waals surface area (Å²) in [6.45, 7) is 8.57. The van der Waals surface area contributed by atoms with Gasteiger partial charge in [0.1, 0.15) is 5.70 Å². The molecule has 0 aliphatic carbocycles. The van der Waals surface area contributed by atoms with Crippen molar-refractivity contribution < 1.29 is 9.90 Å². The van der Waals surface area contributed by atoms with E-state index in [1.165, 1.54) is 160 Å². The third-order valence-corrected chi connectivity index (χ3v) is 9.20. The Hall–Kier alpha value is -1.03. The smallest absolute Gasteiger partial charge is 0.351 e. The predicted molar refractivity (Wildman–Crippen MR) is 191 cm³/mol. The van der Waals surface area contributed by atoms with E-state index in [1.807, 2.05) is 0 Å². The van der Waals surface area contributed by atoms with E-state index in [1.54, 1.807) is 0 Å². The van der Waals surface area contributed by atoms with Gasteiger partial charge in [0.2, 0.25) is 0 Å². The Morgan fingerprint density at radius 2 is 0.977 bits per heavy atom. The third-order valence-electron chi connectivity index (χ3n) is 9.20. The number of hydrogen-bond acceptors (Lipinski definition) is 3. The Morgan fingerprint density at radius 1 is 0.581 bits per heavy atom. The van der Waals surface area contributed by atoms with Crippen LogP contribution in [-0.2, 0) is 4.79 Å². The molecule has 0 aromatic carbocycles. The Labute approximate surface area is 270 Å². The molecule has 0 radical (unpaired) electrons. The number of nitrogens with one attached hydrogen (secondary N) is 1. The molecule has 256 valence electrons. The van der Waals surface area contributed by atoms with Gasteiger partial charge in [0.15, 0.2) is 0 Å². The first kappa shape index (κ1) is 42.0. The van der Waals surface area contributed by atoms with Gasteiger partial charge in [0, 0.05) is 6.54 Å². The fraction of sp³-hybridized carbons (Fsp3) is 0.923. The zero-order valence-electron chi connectivity index (χ0n) is 30.1. The van der Waals surface area contributed by atoms with Crippen molar-refractivity contribution >= 4 is 5.97 Å². The molecule has 0 aromatic rings. The fourth-order valence-corrected chi connectivity index (χ4v) is 6.42. The first-order valence-electron chi connectivity index (χ1n) is 19.3. The summed E-state index contributed by atoms with van der Waals surface area (Å²) in [5, 5.41) is 13.7. The molecular weight excluding hydrogens is 528 g/mol. The van der Waals surface area contributed by atoms with Crippen LogP contribution in [0, 0.1) is 5.92 Å². The number of carboxylic acid groups (broad SMARTS) is 1. The molecule has 0 aliphatic heterocycles. The van der Waals surface area contributed by atoms with E-state index in [9.17, 15) is 9.90 Å². The van der Waals surface area contributed by atoms with Gasteiger partial charge in [-0.2, -0.15) is 0 Å². The van der Waals surface area contributed by atoms with Gasteiger partial charge in [-0.15, -0.1) is 0 Å². The summed E-state index contributed by atoms with van der Waals surface area (Å²) in [6, 6.07) is 0. The molecule has 0 fully saturated rings. The van der Waals surface area contributed by atoms with Gasteiger partial charge in [-0.25, -0.2) is 4.79 Å². The summed E-state index contributed by atoms with van der Waals surface area (Å²) in [4.78, 5) is 14.7. The Balaban J connectivity index is 5.01. The van der Waals surface area contributed by atoms with E-state index in [0.29, 0.717) is 11.6 Å². The van der Waals surface area contributed by atoms with Crippen molar-refractivity contribution in [1.29, 1.82) is 0 Å². The highest BCUT2D eigenvalue weighted by Gasteiger charge is 2.19. The second kappa shape index (κ2) is 32.4. The van der Waals surface area contributed by atoms with Gasteiger partial charge in [-0.3, -0.25) is 0 Å². The maximum absolute atomic E-state index is 12.5. The highest BCUT2D eigenvalue weighted by atomic mass is 16.4. The van der Waals surface area contributed by atoms with E-state index in [4.69, 9.17) is 0 Å². The zero-order chi connectivity index (χ0) is 31.8. The van der Waals surface area contributed by atoms with Crippen LogP contribution in [0.15, 0.2) is 11.3 Å². The highest BCUT2D eigenvalue weighted by molar-refractivity contribution is 5.86. The molecule has 0 spiro atoms. The van der Waals surface area contributed by atoms with Gasteiger partial charge < -0.3 is 15.3 Å². The molecule has 2 N–H and O–H groups in total. The highest BCUT2D eigenvalue weighted by Crippen LogP contribution is 2.29. The molecule has 0 aliphatic rings. The average Bonchev–Trinajstić information content (AvgIpc) is 2.98. The average molecular weight is 607 g/mol. The minimum atomic E-state index is -0.751. The summed E-state index contributed by atoms with van der Waals surface area (Å²) >= 11 is 0. The normalized spacial score (nSPS) is 13.0. The molecule has 0 amide bonds. The zero-order valence-corrected chi connectivity index (χ0v) is 30.1. The van der Waals surface area contributed by atoms with Crippen LogP contribution >= 0.6 is 0 Å². The molecule has 0 aromatic heterocycles. The molecule has 0 bridgehead atoms. The quantitative estimate of drug-likeness (QED) is 0.0565. The number of carboxylic acids is 1. The molecule has 0 saturated carbocycles. The second-order valence-corrected chi connectivity index (χ2v) is 13.8. The first-order chi connectivity index (χ1) is 21.0. The number of rotatable bonds is 34. The monoisotopic (exact) mass is 607 g/mol. The third kappa shape index (κ3) is 28.2. The Kier molecular flexibility index (Phi) is 31.6.